The van der Waals surface area contributed by atoms with Gasteiger partial charge >= 0.3 is 0 Å². The third-order valence-corrected chi connectivity index (χ3v) is 4.82. The molecule has 2 aromatic carbocycles. The van der Waals surface area contributed by atoms with E-state index in [0.29, 0.717) is 5.52 Å². The van der Waals surface area contributed by atoms with Gasteiger partial charge in [-0.2, -0.15) is 8.75 Å². The van der Waals surface area contributed by atoms with Crippen LogP contribution in [0.4, 0.5) is 11.4 Å². The first-order valence-corrected chi connectivity index (χ1v) is 8.18. The predicted molar refractivity (Wildman–Crippen MR) is 81.3 cm³/mol. The number of nitro groups is 1. The molecule has 0 aliphatic heterocycles. The van der Waals surface area contributed by atoms with Gasteiger partial charge in [-0.1, -0.05) is 18.2 Å². The Kier molecular flexibility index (Phi) is 3.47. The average Bonchev–Trinajstić information content (AvgIpc) is 2.95. The lowest BCUT2D eigenvalue weighted by atomic mass is 10.3. The average molecular weight is 336 g/mol. The highest BCUT2D eigenvalue weighted by Crippen LogP contribution is 2.28. The maximum Gasteiger partial charge on any atom is 0.293 e. The summed E-state index contributed by atoms with van der Waals surface area (Å²) in [5, 5.41) is 11.0. The summed E-state index contributed by atoms with van der Waals surface area (Å²) >= 11 is 0.897. The zero-order valence-corrected chi connectivity index (χ0v) is 12.5. The topological polar surface area (TPSA) is 115 Å². The smallest absolute Gasteiger partial charge is 0.273 e. The summed E-state index contributed by atoms with van der Waals surface area (Å²) in [7, 11) is -4.02. The lowest BCUT2D eigenvalue weighted by Gasteiger charge is -2.08. The van der Waals surface area contributed by atoms with Gasteiger partial charge in [-0.05, 0) is 18.2 Å². The van der Waals surface area contributed by atoms with Crippen LogP contribution in [0.1, 0.15) is 0 Å². The lowest BCUT2D eigenvalue weighted by molar-refractivity contribution is -0.383. The zero-order valence-electron chi connectivity index (χ0n) is 10.8. The highest BCUT2D eigenvalue weighted by Gasteiger charge is 2.23. The minimum atomic E-state index is -4.02. The summed E-state index contributed by atoms with van der Waals surface area (Å²) in [4.78, 5) is 10.2. The molecule has 0 saturated heterocycles. The molecule has 0 spiro atoms. The number of nitrogens with one attached hydrogen (secondary N) is 1. The minimum absolute atomic E-state index is 0.0723. The fourth-order valence-corrected chi connectivity index (χ4v) is 3.76. The molecule has 1 N–H and O–H groups in total. The second-order valence-electron chi connectivity index (χ2n) is 4.27. The maximum atomic E-state index is 12.5. The van der Waals surface area contributed by atoms with Gasteiger partial charge in [-0.25, -0.2) is 8.42 Å². The van der Waals surface area contributed by atoms with Crippen molar-refractivity contribution in [3.63, 3.8) is 0 Å². The van der Waals surface area contributed by atoms with Crippen LogP contribution in [0.3, 0.4) is 0 Å². The number of hydrogen-bond donors (Lipinski definition) is 1. The van der Waals surface area contributed by atoms with Crippen LogP contribution in [-0.4, -0.2) is 22.1 Å². The van der Waals surface area contributed by atoms with Crippen molar-refractivity contribution in [2.75, 3.05) is 4.72 Å². The zero-order chi connectivity index (χ0) is 15.7. The van der Waals surface area contributed by atoms with Crippen molar-refractivity contribution >= 4 is 44.2 Å². The van der Waals surface area contributed by atoms with Crippen LogP contribution in [-0.2, 0) is 10.0 Å². The van der Waals surface area contributed by atoms with Crippen LogP contribution in [0.2, 0.25) is 0 Å². The number of nitro benzene ring substituents is 1. The number of aromatic nitrogens is 2. The number of nitrogens with zero attached hydrogens (tertiary/aromatic N) is 3. The fraction of sp³-hybridized carbons (Fsp3) is 0. The Labute approximate surface area is 128 Å². The van der Waals surface area contributed by atoms with E-state index in [-0.39, 0.29) is 21.8 Å². The fourth-order valence-electron chi connectivity index (χ4n) is 1.92. The largest absolute Gasteiger partial charge is 0.293 e. The van der Waals surface area contributed by atoms with Crippen molar-refractivity contribution in [3.05, 3.63) is 52.6 Å². The summed E-state index contributed by atoms with van der Waals surface area (Å²) in [6.45, 7) is 0. The van der Waals surface area contributed by atoms with E-state index in [1.807, 2.05) is 0 Å². The first kappa shape index (κ1) is 14.4. The second-order valence-corrected chi connectivity index (χ2v) is 6.45. The van der Waals surface area contributed by atoms with Gasteiger partial charge in [0.2, 0.25) is 0 Å². The first-order valence-electron chi connectivity index (χ1n) is 5.96. The molecule has 0 amide bonds. The maximum absolute atomic E-state index is 12.5. The van der Waals surface area contributed by atoms with Gasteiger partial charge in [0.15, 0.2) is 0 Å². The van der Waals surface area contributed by atoms with Crippen LogP contribution < -0.4 is 4.72 Å². The van der Waals surface area contributed by atoms with E-state index in [1.54, 1.807) is 6.07 Å². The van der Waals surface area contributed by atoms with Gasteiger partial charge in [0.25, 0.3) is 15.7 Å². The molecular formula is C12H8N4O4S2. The number of sulfonamides is 1. The molecule has 22 heavy (non-hydrogen) atoms. The normalized spacial score (nSPS) is 11.5. The van der Waals surface area contributed by atoms with E-state index in [0.717, 1.165) is 11.7 Å². The number of benzene rings is 2. The molecule has 0 atom stereocenters. The van der Waals surface area contributed by atoms with E-state index in [2.05, 4.69) is 13.5 Å². The van der Waals surface area contributed by atoms with E-state index < -0.39 is 14.9 Å². The van der Waals surface area contributed by atoms with E-state index in [1.165, 1.54) is 36.4 Å². The van der Waals surface area contributed by atoms with Crippen molar-refractivity contribution in [3.8, 4) is 0 Å². The molecule has 3 aromatic rings. The SMILES string of the molecule is O=[N+]([O-])c1ccccc1NS(=O)(=O)c1cccc2nsnc12. The van der Waals surface area contributed by atoms with Crippen LogP contribution in [0.15, 0.2) is 47.4 Å². The molecule has 0 bridgehead atoms. The standard InChI is InChI=1S/C12H8N4O4S2/c17-16(18)10-6-2-1-4-8(10)15-22(19,20)11-7-3-5-9-12(11)14-21-13-9/h1-7,15H. The number of para-hydroxylation sites is 2. The van der Waals surface area contributed by atoms with Crippen LogP contribution in [0.5, 0.6) is 0 Å². The van der Waals surface area contributed by atoms with E-state index in [9.17, 15) is 18.5 Å². The minimum Gasteiger partial charge on any atom is -0.273 e. The number of hydrogen-bond acceptors (Lipinski definition) is 7. The second kappa shape index (κ2) is 5.31. The van der Waals surface area contributed by atoms with Crippen molar-refractivity contribution in [1.82, 2.24) is 8.75 Å². The van der Waals surface area contributed by atoms with Crippen molar-refractivity contribution in [2.24, 2.45) is 0 Å². The van der Waals surface area contributed by atoms with E-state index in [4.69, 9.17) is 0 Å². The summed E-state index contributed by atoms with van der Waals surface area (Å²) in [5.41, 5.74) is 0.261. The Balaban J connectivity index is 2.09. The van der Waals surface area contributed by atoms with Gasteiger partial charge in [-0.3, -0.25) is 14.8 Å². The Morgan fingerprint density at radius 3 is 2.64 bits per heavy atom. The summed E-state index contributed by atoms with van der Waals surface area (Å²) in [5.74, 6) is 0. The van der Waals surface area contributed by atoms with Crippen LogP contribution in [0, 0.1) is 10.1 Å². The number of rotatable bonds is 4. The third-order valence-electron chi connectivity index (χ3n) is 2.88. The predicted octanol–water partition coefficient (Wildman–Crippen LogP) is 2.40. The molecule has 8 nitrogen and oxygen atoms in total. The van der Waals surface area contributed by atoms with Gasteiger partial charge in [0.05, 0.1) is 16.7 Å². The van der Waals surface area contributed by atoms with Gasteiger partial charge in [-0.15, -0.1) is 0 Å². The Bertz CT molecular complexity index is 968. The number of anilines is 1. The molecule has 0 fully saturated rings. The molecule has 0 unspecified atom stereocenters. The molecule has 10 heteroatoms. The molecule has 0 aliphatic rings. The summed E-state index contributed by atoms with van der Waals surface area (Å²) in [6, 6.07) is 10.1. The van der Waals surface area contributed by atoms with Crippen molar-refractivity contribution in [2.45, 2.75) is 4.90 Å². The van der Waals surface area contributed by atoms with E-state index >= 15 is 0 Å². The van der Waals surface area contributed by atoms with Gasteiger partial charge in [0, 0.05) is 6.07 Å². The molecule has 0 radical (unpaired) electrons. The van der Waals surface area contributed by atoms with Gasteiger partial charge < -0.3 is 0 Å². The molecule has 1 heterocycles. The van der Waals surface area contributed by atoms with Crippen molar-refractivity contribution < 1.29 is 13.3 Å². The van der Waals surface area contributed by atoms with Crippen LogP contribution in [0.25, 0.3) is 11.0 Å². The third kappa shape index (κ3) is 2.49. The highest BCUT2D eigenvalue weighted by molar-refractivity contribution is 7.93. The molecule has 0 saturated carbocycles. The molecule has 112 valence electrons. The monoisotopic (exact) mass is 336 g/mol. The lowest BCUT2D eigenvalue weighted by Crippen LogP contribution is -2.14. The quantitative estimate of drug-likeness (QED) is 0.578. The molecule has 3 rings (SSSR count). The molecule has 0 aliphatic carbocycles. The summed E-state index contributed by atoms with van der Waals surface area (Å²) in [6.07, 6.45) is 0. The first-order chi connectivity index (χ1) is 10.5. The Morgan fingerprint density at radius 2 is 1.86 bits per heavy atom. The van der Waals surface area contributed by atoms with Crippen molar-refractivity contribution in [1.29, 1.82) is 0 Å². The Morgan fingerprint density at radius 1 is 1.09 bits per heavy atom. The molecular weight excluding hydrogens is 328 g/mol. The Hall–Kier alpha value is -2.59. The number of fused-ring (bicyclic) bond motifs is 1. The highest BCUT2D eigenvalue weighted by atomic mass is 32.2. The summed E-state index contributed by atoms with van der Waals surface area (Å²) < 4.78 is 35.2. The van der Waals surface area contributed by atoms with Crippen LogP contribution >= 0.6 is 11.7 Å². The molecule has 1 aromatic heterocycles. The van der Waals surface area contributed by atoms with Gasteiger partial charge in [0.1, 0.15) is 21.6 Å².